The predicted molar refractivity (Wildman–Crippen MR) is 122 cm³/mol. The van der Waals surface area contributed by atoms with Crippen molar-refractivity contribution in [1.29, 1.82) is 0 Å². The fourth-order valence-electron chi connectivity index (χ4n) is 4.08. The lowest BCUT2D eigenvalue weighted by Crippen LogP contribution is -2.16. The summed E-state index contributed by atoms with van der Waals surface area (Å²) in [6.07, 6.45) is 0.0536. The number of halogens is 3. The Kier molecular flexibility index (Phi) is 7.14. The molecule has 0 atom stereocenters. The lowest BCUT2D eigenvalue weighted by molar-refractivity contribution is -0.274. The van der Waals surface area contributed by atoms with Crippen LogP contribution in [0.3, 0.4) is 0 Å². The predicted octanol–water partition coefficient (Wildman–Crippen LogP) is 6.36. The molecule has 0 saturated heterocycles. The van der Waals surface area contributed by atoms with Gasteiger partial charge >= 0.3 is 12.3 Å². The first-order chi connectivity index (χ1) is 16.7. The van der Waals surface area contributed by atoms with E-state index in [1.807, 2.05) is 18.2 Å². The molecule has 0 amide bonds. The van der Waals surface area contributed by atoms with Crippen LogP contribution in [0.25, 0.3) is 17.0 Å². The lowest BCUT2D eigenvalue weighted by Gasteiger charge is -2.20. The summed E-state index contributed by atoms with van der Waals surface area (Å²) in [6, 6.07) is 11.1. The molecular weight excluding hydrogens is 463 g/mol. The number of benzene rings is 2. The minimum atomic E-state index is -4.75. The average Bonchev–Trinajstić information content (AvgIpc) is 3.17. The highest BCUT2D eigenvalue weighted by Crippen LogP contribution is 2.35. The van der Waals surface area contributed by atoms with Crippen molar-refractivity contribution in [3.63, 3.8) is 0 Å². The standard InChI is InChI=1S/C26H24F3NO5/c1-16-22(30-25(34-16)18-8-11-19(12-9-18)35-26(27,28)29)14-15-33-23-7-3-5-20-17(10-13-24(31)32)4-2-6-21(20)23/h3-5,7-9,11-12H,2,6,10,13-15H2,1H3,(H,31,32). The van der Waals surface area contributed by atoms with Crippen molar-refractivity contribution in [2.75, 3.05) is 6.61 Å². The summed E-state index contributed by atoms with van der Waals surface area (Å²) in [7, 11) is 0. The molecule has 4 rings (SSSR count). The summed E-state index contributed by atoms with van der Waals surface area (Å²) in [5.41, 5.74) is 4.37. The van der Waals surface area contributed by atoms with E-state index in [4.69, 9.17) is 14.3 Å². The maximum absolute atomic E-state index is 12.3. The molecule has 0 radical (unpaired) electrons. The molecule has 2 aromatic carbocycles. The van der Waals surface area contributed by atoms with E-state index in [1.165, 1.54) is 24.3 Å². The summed E-state index contributed by atoms with van der Waals surface area (Å²) in [5.74, 6) is 0.545. The van der Waals surface area contributed by atoms with Gasteiger partial charge in [0.05, 0.1) is 12.3 Å². The topological polar surface area (TPSA) is 81.8 Å². The molecule has 1 heterocycles. The van der Waals surface area contributed by atoms with Crippen LogP contribution in [-0.2, 0) is 17.6 Å². The highest BCUT2D eigenvalue weighted by Gasteiger charge is 2.31. The van der Waals surface area contributed by atoms with E-state index in [1.54, 1.807) is 6.92 Å². The molecule has 9 heteroatoms. The van der Waals surface area contributed by atoms with Crippen LogP contribution in [0.2, 0.25) is 0 Å². The Morgan fingerprint density at radius 1 is 1.14 bits per heavy atom. The first-order valence-electron chi connectivity index (χ1n) is 11.2. The van der Waals surface area contributed by atoms with Crippen LogP contribution in [-0.4, -0.2) is 29.0 Å². The molecule has 3 aromatic rings. The second kappa shape index (κ2) is 10.2. The molecule has 0 fully saturated rings. The van der Waals surface area contributed by atoms with Crippen LogP contribution in [0.15, 0.2) is 53.0 Å². The number of aryl methyl sites for hydroxylation is 1. The molecule has 1 aromatic heterocycles. The molecule has 1 N–H and O–H groups in total. The number of aliphatic carboxylic acids is 1. The van der Waals surface area contributed by atoms with Crippen molar-refractivity contribution in [3.05, 3.63) is 71.1 Å². The first-order valence-corrected chi connectivity index (χ1v) is 11.2. The van der Waals surface area contributed by atoms with Gasteiger partial charge in [-0.1, -0.05) is 18.2 Å². The number of rotatable bonds is 9. The largest absolute Gasteiger partial charge is 0.573 e. The lowest BCUT2D eigenvalue weighted by atomic mass is 9.88. The summed E-state index contributed by atoms with van der Waals surface area (Å²) in [4.78, 5) is 15.5. The van der Waals surface area contributed by atoms with Crippen LogP contribution >= 0.6 is 0 Å². The van der Waals surface area contributed by atoms with E-state index >= 15 is 0 Å². The van der Waals surface area contributed by atoms with Crippen molar-refractivity contribution in [3.8, 4) is 23.0 Å². The van der Waals surface area contributed by atoms with Gasteiger partial charge in [-0.3, -0.25) is 4.79 Å². The van der Waals surface area contributed by atoms with Gasteiger partial charge < -0.3 is 19.0 Å². The molecule has 0 spiro atoms. The van der Waals surface area contributed by atoms with Gasteiger partial charge in [0.15, 0.2) is 0 Å². The summed E-state index contributed by atoms with van der Waals surface area (Å²) < 4.78 is 52.7. The van der Waals surface area contributed by atoms with Crippen molar-refractivity contribution in [2.45, 2.75) is 45.4 Å². The zero-order chi connectivity index (χ0) is 25.0. The van der Waals surface area contributed by atoms with Crippen LogP contribution in [0.5, 0.6) is 11.5 Å². The van der Waals surface area contributed by atoms with E-state index in [-0.39, 0.29) is 12.2 Å². The monoisotopic (exact) mass is 487 g/mol. The van der Waals surface area contributed by atoms with E-state index in [9.17, 15) is 18.0 Å². The Morgan fingerprint density at radius 2 is 1.91 bits per heavy atom. The smallest absolute Gasteiger partial charge is 0.493 e. The number of oxazole rings is 1. The highest BCUT2D eigenvalue weighted by molar-refractivity contribution is 5.76. The first kappa shape index (κ1) is 24.4. The fourth-order valence-corrected chi connectivity index (χ4v) is 4.08. The minimum Gasteiger partial charge on any atom is -0.493 e. The second-order valence-electron chi connectivity index (χ2n) is 8.14. The SMILES string of the molecule is Cc1oc(-c2ccc(OC(F)(F)F)cc2)nc1CCOc1cccc2c1CCC=C2CCC(=O)O. The summed E-state index contributed by atoms with van der Waals surface area (Å²) in [5, 5.41) is 9.01. The number of nitrogens with zero attached hydrogens (tertiary/aromatic N) is 1. The van der Waals surface area contributed by atoms with Gasteiger partial charge in [0.25, 0.3) is 0 Å². The number of hydrogen-bond donors (Lipinski definition) is 1. The maximum Gasteiger partial charge on any atom is 0.573 e. The number of carboxylic acid groups (broad SMARTS) is 1. The minimum absolute atomic E-state index is 0.0855. The van der Waals surface area contributed by atoms with Crippen molar-refractivity contribution in [1.82, 2.24) is 4.98 Å². The molecule has 1 aliphatic rings. The molecule has 6 nitrogen and oxygen atoms in total. The third-order valence-corrected chi connectivity index (χ3v) is 5.70. The number of hydrogen-bond acceptors (Lipinski definition) is 5. The van der Waals surface area contributed by atoms with Gasteiger partial charge in [0.1, 0.15) is 17.3 Å². The van der Waals surface area contributed by atoms with Crippen LogP contribution < -0.4 is 9.47 Å². The number of aromatic nitrogens is 1. The third kappa shape index (κ3) is 6.23. The fraction of sp³-hybridized carbons (Fsp3) is 0.308. The van der Waals surface area contributed by atoms with E-state index in [0.717, 1.165) is 35.3 Å². The molecular formula is C26H24F3NO5. The second-order valence-corrected chi connectivity index (χ2v) is 8.14. The zero-order valence-corrected chi connectivity index (χ0v) is 19.0. The highest BCUT2D eigenvalue weighted by atomic mass is 19.4. The van der Waals surface area contributed by atoms with E-state index in [2.05, 4.69) is 15.8 Å². The maximum atomic E-state index is 12.3. The summed E-state index contributed by atoms with van der Waals surface area (Å²) in [6.45, 7) is 2.13. The van der Waals surface area contributed by atoms with Gasteiger partial charge in [0, 0.05) is 24.0 Å². The normalized spacial score (nSPS) is 13.2. The number of allylic oxidation sites excluding steroid dienone is 2. The number of fused-ring (bicyclic) bond motifs is 1. The average molecular weight is 487 g/mol. The van der Waals surface area contributed by atoms with E-state index in [0.29, 0.717) is 42.4 Å². The Morgan fingerprint density at radius 3 is 2.63 bits per heavy atom. The van der Waals surface area contributed by atoms with E-state index < -0.39 is 12.3 Å². The molecule has 0 saturated carbocycles. The van der Waals surface area contributed by atoms with Crippen molar-refractivity contribution in [2.24, 2.45) is 0 Å². The Bertz CT molecular complexity index is 1230. The molecule has 35 heavy (non-hydrogen) atoms. The van der Waals surface area contributed by atoms with Crippen LogP contribution in [0.4, 0.5) is 13.2 Å². The van der Waals surface area contributed by atoms with Crippen LogP contribution in [0.1, 0.15) is 41.8 Å². The quantitative estimate of drug-likeness (QED) is 0.378. The number of alkyl halides is 3. The Hall–Kier alpha value is -3.75. The number of carboxylic acids is 1. The van der Waals surface area contributed by atoms with Gasteiger partial charge in [-0.2, -0.15) is 0 Å². The molecule has 1 aliphatic carbocycles. The van der Waals surface area contributed by atoms with Gasteiger partial charge in [0.2, 0.25) is 5.89 Å². The van der Waals surface area contributed by atoms with Crippen LogP contribution in [0, 0.1) is 6.92 Å². The van der Waals surface area contributed by atoms with Gasteiger partial charge in [-0.05, 0) is 67.7 Å². The molecule has 0 bridgehead atoms. The molecule has 184 valence electrons. The van der Waals surface area contributed by atoms with Crippen molar-refractivity contribution < 1.29 is 37.0 Å². The van der Waals surface area contributed by atoms with Gasteiger partial charge in [-0.15, -0.1) is 13.2 Å². The zero-order valence-electron chi connectivity index (χ0n) is 19.0. The third-order valence-electron chi connectivity index (χ3n) is 5.70. The number of carbonyl (C=O) groups is 1. The number of ether oxygens (including phenoxy) is 2. The Labute approximate surface area is 200 Å². The van der Waals surface area contributed by atoms with Gasteiger partial charge in [-0.25, -0.2) is 4.98 Å². The Balaban J connectivity index is 1.40. The molecule has 0 aliphatic heterocycles. The summed E-state index contributed by atoms with van der Waals surface area (Å²) >= 11 is 0. The van der Waals surface area contributed by atoms with Crippen molar-refractivity contribution >= 4 is 11.5 Å². The molecule has 0 unspecified atom stereocenters.